The van der Waals surface area contributed by atoms with Crippen molar-refractivity contribution in [2.75, 3.05) is 39.8 Å². The molecule has 27 heavy (non-hydrogen) atoms. The zero-order chi connectivity index (χ0) is 19.1. The molecule has 0 bridgehead atoms. The van der Waals surface area contributed by atoms with Gasteiger partial charge in [-0.2, -0.15) is 0 Å². The second-order valence-electron chi connectivity index (χ2n) is 7.12. The topological polar surface area (TPSA) is 67.6 Å². The number of rotatable bonds is 8. The molecule has 144 valence electrons. The Kier molecular flexibility index (Phi) is 6.85. The molecule has 0 saturated carbocycles. The van der Waals surface area contributed by atoms with Crippen LogP contribution in [0.3, 0.4) is 0 Å². The summed E-state index contributed by atoms with van der Waals surface area (Å²) in [4.78, 5) is 14.6. The summed E-state index contributed by atoms with van der Waals surface area (Å²) in [6.07, 6.45) is 0.758. The molecule has 5 nitrogen and oxygen atoms in total. The number of methoxy groups -OCH3 is 1. The number of nitrogens with zero attached hydrogens (tertiary/aromatic N) is 1. The fraction of sp³-hybridized carbons (Fsp3) is 0.409. The lowest BCUT2D eigenvalue weighted by Crippen LogP contribution is -2.37. The predicted molar refractivity (Wildman–Crippen MR) is 108 cm³/mol. The van der Waals surface area contributed by atoms with Crippen LogP contribution in [0.15, 0.2) is 54.6 Å². The predicted octanol–water partition coefficient (Wildman–Crippen LogP) is 2.03. The highest BCUT2D eigenvalue weighted by Crippen LogP contribution is 2.31. The third-order valence-corrected chi connectivity index (χ3v) is 5.32. The van der Waals surface area contributed by atoms with Crippen molar-refractivity contribution < 1.29 is 9.53 Å². The van der Waals surface area contributed by atoms with Gasteiger partial charge < -0.3 is 15.8 Å². The number of benzene rings is 2. The molecule has 1 heterocycles. The first kappa shape index (κ1) is 19.4. The molecular weight excluding hydrogens is 338 g/mol. The van der Waals surface area contributed by atoms with Crippen LogP contribution >= 0.6 is 0 Å². The first-order valence-corrected chi connectivity index (χ1v) is 9.57. The van der Waals surface area contributed by atoms with Gasteiger partial charge in [-0.05, 0) is 36.1 Å². The monoisotopic (exact) mass is 367 g/mol. The second kappa shape index (κ2) is 9.53. The lowest BCUT2D eigenvalue weighted by molar-refractivity contribution is -0.122. The van der Waals surface area contributed by atoms with E-state index in [-0.39, 0.29) is 5.91 Å². The van der Waals surface area contributed by atoms with E-state index in [0.29, 0.717) is 31.5 Å². The summed E-state index contributed by atoms with van der Waals surface area (Å²) >= 11 is 0. The summed E-state index contributed by atoms with van der Waals surface area (Å²) in [6, 6.07) is 18.4. The SMILES string of the molecule is COc1ccccc1CCNC(=O)CN1C[C@@H](CN)[C@H](c2ccccc2)C1. The van der Waals surface area contributed by atoms with Crippen molar-refractivity contribution in [3.05, 3.63) is 65.7 Å². The summed E-state index contributed by atoms with van der Waals surface area (Å²) in [7, 11) is 1.67. The Morgan fingerprint density at radius 1 is 1.15 bits per heavy atom. The third kappa shape index (κ3) is 5.08. The van der Waals surface area contributed by atoms with Crippen LogP contribution in [0.4, 0.5) is 0 Å². The average molecular weight is 367 g/mol. The Morgan fingerprint density at radius 3 is 2.63 bits per heavy atom. The van der Waals surface area contributed by atoms with Crippen molar-refractivity contribution in [3.63, 3.8) is 0 Å². The number of para-hydroxylation sites is 1. The van der Waals surface area contributed by atoms with E-state index in [1.807, 2.05) is 30.3 Å². The van der Waals surface area contributed by atoms with E-state index in [4.69, 9.17) is 10.5 Å². The van der Waals surface area contributed by atoms with Crippen molar-refractivity contribution in [1.82, 2.24) is 10.2 Å². The van der Waals surface area contributed by atoms with Gasteiger partial charge in [0.05, 0.1) is 13.7 Å². The van der Waals surface area contributed by atoms with E-state index in [2.05, 4.69) is 34.5 Å². The number of hydrogen-bond donors (Lipinski definition) is 2. The average Bonchev–Trinajstić information content (AvgIpc) is 3.11. The van der Waals surface area contributed by atoms with Crippen molar-refractivity contribution in [2.45, 2.75) is 12.3 Å². The van der Waals surface area contributed by atoms with Gasteiger partial charge in [0.25, 0.3) is 0 Å². The van der Waals surface area contributed by atoms with Crippen molar-refractivity contribution in [1.29, 1.82) is 0 Å². The molecule has 1 amide bonds. The zero-order valence-electron chi connectivity index (χ0n) is 15.9. The van der Waals surface area contributed by atoms with Crippen LogP contribution in [0, 0.1) is 5.92 Å². The first-order chi connectivity index (χ1) is 13.2. The highest BCUT2D eigenvalue weighted by atomic mass is 16.5. The van der Waals surface area contributed by atoms with E-state index < -0.39 is 0 Å². The van der Waals surface area contributed by atoms with Gasteiger partial charge in [0, 0.05) is 25.6 Å². The van der Waals surface area contributed by atoms with E-state index >= 15 is 0 Å². The van der Waals surface area contributed by atoms with Crippen LogP contribution in [-0.4, -0.2) is 50.6 Å². The quantitative estimate of drug-likeness (QED) is 0.749. The Labute approximate surface area is 161 Å². The van der Waals surface area contributed by atoms with Gasteiger partial charge >= 0.3 is 0 Å². The number of hydrogen-bond acceptors (Lipinski definition) is 4. The van der Waals surface area contributed by atoms with E-state index in [0.717, 1.165) is 30.8 Å². The minimum absolute atomic E-state index is 0.0642. The number of likely N-dealkylation sites (tertiary alicyclic amines) is 1. The molecule has 2 atom stereocenters. The van der Waals surface area contributed by atoms with Gasteiger partial charge in [0.1, 0.15) is 5.75 Å². The maximum absolute atomic E-state index is 12.4. The normalized spacial score (nSPS) is 19.8. The molecule has 3 rings (SSSR count). The third-order valence-electron chi connectivity index (χ3n) is 5.32. The standard InChI is InChI=1S/C22H29N3O2/c1-27-21-10-6-5-9-18(21)11-12-24-22(26)16-25-14-19(13-23)20(15-25)17-7-3-2-4-8-17/h2-10,19-20H,11-16,23H2,1H3,(H,24,26)/t19-,20+/m1/s1. The summed E-state index contributed by atoms with van der Waals surface area (Å²) in [5, 5.41) is 3.03. The van der Waals surface area contributed by atoms with E-state index in [1.165, 1.54) is 5.56 Å². The molecule has 0 unspecified atom stereocenters. The number of nitrogens with two attached hydrogens (primary N) is 1. The number of nitrogens with one attached hydrogen (secondary N) is 1. The molecule has 2 aromatic rings. The van der Waals surface area contributed by atoms with Crippen LogP contribution < -0.4 is 15.8 Å². The first-order valence-electron chi connectivity index (χ1n) is 9.57. The Bertz CT molecular complexity index is 735. The van der Waals surface area contributed by atoms with Crippen molar-refractivity contribution in [2.24, 2.45) is 11.7 Å². The van der Waals surface area contributed by atoms with Crippen LogP contribution in [0.25, 0.3) is 0 Å². The van der Waals surface area contributed by atoms with Crippen LogP contribution in [-0.2, 0) is 11.2 Å². The Hall–Kier alpha value is -2.37. The maximum atomic E-state index is 12.4. The van der Waals surface area contributed by atoms with Gasteiger partial charge in [-0.15, -0.1) is 0 Å². The van der Waals surface area contributed by atoms with Crippen LogP contribution in [0.5, 0.6) is 5.75 Å². The van der Waals surface area contributed by atoms with E-state index in [1.54, 1.807) is 7.11 Å². The lowest BCUT2D eigenvalue weighted by atomic mass is 9.89. The number of amides is 1. The van der Waals surface area contributed by atoms with Crippen molar-refractivity contribution >= 4 is 5.91 Å². The Balaban J connectivity index is 1.48. The largest absolute Gasteiger partial charge is 0.496 e. The Morgan fingerprint density at radius 2 is 1.89 bits per heavy atom. The number of carbonyl (C=O) groups excluding carboxylic acids is 1. The lowest BCUT2D eigenvalue weighted by Gasteiger charge is -2.16. The van der Waals surface area contributed by atoms with Crippen LogP contribution in [0.1, 0.15) is 17.0 Å². The fourth-order valence-corrected chi connectivity index (χ4v) is 3.91. The molecule has 1 saturated heterocycles. The highest BCUT2D eigenvalue weighted by molar-refractivity contribution is 5.78. The van der Waals surface area contributed by atoms with E-state index in [9.17, 15) is 4.79 Å². The zero-order valence-corrected chi connectivity index (χ0v) is 15.9. The fourth-order valence-electron chi connectivity index (χ4n) is 3.91. The summed E-state index contributed by atoms with van der Waals surface area (Å²) in [5.74, 6) is 1.73. The molecule has 5 heteroatoms. The minimum atomic E-state index is 0.0642. The molecule has 1 fully saturated rings. The molecule has 2 aromatic carbocycles. The summed E-state index contributed by atoms with van der Waals surface area (Å²) in [5.41, 5.74) is 8.40. The van der Waals surface area contributed by atoms with Gasteiger partial charge in [0.15, 0.2) is 0 Å². The second-order valence-corrected chi connectivity index (χ2v) is 7.12. The molecule has 1 aliphatic heterocycles. The highest BCUT2D eigenvalue weighted by Gasteiger charge is 2.33. The molecule has 0 radical (unpaired) electrons. The summed E-state index contributed by atoms with van der Waals surface area (Å²) < 4.78 is 5.36. The van der Waals surface area contributed by atoms with Gasteiger partial charge in [0.2, 0.25) is 5.91 Å². The van der Waals surface area contributed by atoms with Crippen LogP contribution in [0.2, 0.25) is 0 Å². The molecule has 0 aromatic heterocycles. The van der Waals surface area contributed by atoms with Gasteiger partial charge in [-0.3, -0.25) is 9.69 Å². The molecule has 0 spiro atoms. The van der Waals surface area contributed by atoms with Gasteiger partial charge in [-0.25, -0.2) is 0 Å². The summed E-state index contributed by atoms with van der Waals surface area (Å²) in [6.45, 7) is 3.43. The van der Waals surface area contributed by atoms with Crippen molar-refractivity contribution in [3.8, 4) is 5.75 Å². The molecule has 3 N–H and O–H groups in total. The molecule has 1 aliphatic rings. The molecular formula is C22H29N3O2. The minimum Gasteiger partial charge on any atom is -0.496 e. The maximum Gasteiger partial charge on any atom is 0.234 e. The number of carbonyl (C=O) groups is 1. The number of ether oxygens (including phenoxy) is 1. The molecule has 0 aliphatic carbocycles. The smallest absolute Gasteiger partial charge is 0.234 e. The van der Waals surface area contributed by atoms with Gasteiger partial charge in [-0.1, -0.05) is 48.5 Å².